The molecule has 0 saturated heterocycles. The standard InChI is InChI=1S/C13H15FN4OS/c1-8(20-13-17-16-9(2)18(13)3)12(19)15-11-7-5-4-6-10(11)14/h4-8H,1-3H3,(H,15,19)/t8-/m0/s1. The summed E-state index contributed by atoms with van der Waals surface area (Å²) in [5, 5.41) is 10.7. The molecule has 0 saturated carbocycles. The number of carbonyl (C=O) groups is 1. The maximum atomic E-state index is 13.5. The highest BCUT2D eigenvalue weighted by Crippen LogP contribution is 2.23. The average molecular weight is 294 g/mol. The highest BCUT2D eigenvalue weighted by atomic mass is 32.2. The zero-order valence-corrected chi connectivity index (χ0v) is 12.2. The molecule has 1 aromatic heterocycles. The van der Waals surface area contributed by atoms with E-state index < -0.39 is 11.1 Å². The zero-order chi connectivity index (χ0) is 14.7. The minimum Gasteiger partial charge on any atom is -0.323 e. The fraction of sp³-hybridized carbons (Fsp3) is 0.308. The van der Waals surface area contributed by atoms with Gasteiger partial charge in [-0.05, 0) is 26.0 Å². The molecule has 0 spiro atoms. The van der Waals surface area contributed by atoms with Gasteiger partial charge in [-0.3, -0.25) is 4.79 Å². The smallest absolute Gasteiger partial charge is 0.237 e. The predicted octanol–water partition coefficient (Wildman–Crippen LogP) is 2.38. The molecule has 2 aromatic rings. The number of thioether (sulfide) groups is 1. The maximum absolute atomic E-state index is 13.5. The van der Waals surface area contributed by atoms with Crippen molar-refractivity contribution < 1.29 is 9.18 Å². The number of anilines is 1. The number of carbonyl (C=O) groups excluding carboxylic acids is 1. The van der Waals surface area contributed by atoms with Gasteiger partial charge in [0.2, 0.25) is 5.91 Å². The van der Waals surface area contributed by atoms with Gasteiger partial charge in [0, 0.05) is 7.05 Å². The van der Waals surface area contributed by atoms with Crippen LogP contribution in [0.5, 0.6) is 0 Å². The molecule has 0 aliphatic carbocycles. The van der Waals surface area contributed by atoms with Gasteiger partial charge in [-0.25, -0.2) is 4.39 Å². The van der Waals surface area contributed by atoms with Crippen LogP contribution in [0.15, 0.2) is 29.4 Å². The molecule has 1 atom stereocenters. The second-order valence-corrected chi connectivity index (χ2v) is 5.63. The summed E-state index contributed by atoms with van der Waals surface area (Å²) in [4.78, 5) is 12.0. The molecular formula is C13H15FN4OS. The minimum atomic E-state index is -0.451. The van der Waals surface area contributed by atoms with Gasteiger partial charge in [-0.15, -0.1) is 10.2 Å². The number of nitrogens with zero attached hydrogens (tertiary/aromatic N) is 3. The summed E-state index contributed by atoms with van der Waals surface area (Å²) in [5.41, 5.74) is 0.180. The molecule has 2 rings (SSSR count). The number of aromatic nitrogens is 3. The van der Waals surface area contributed by atoms with Crippen molar-refractivity contribution >= 4 is 23.4 Å². The lowest BCUT2D eigenvalue weighted by atomic mass is 10.3. The van der Waals surface area contributed by atoms with E-state index in [1.165, 1.54) is 23.9 Å². The number of para-hydroxylation sites is 1. The van der Waals surface area contributed by atoms with E-state index in [1.54, 1.807) is 23.6 Å². The lowest BCUT2D eigenvalue weighted by molar-refractivity contribution is -0.115. The van der Waals surface area contributed by atoms with Crippen LogP contribution in [0.25, 0.3) is 0 Å². The maximum Gasteiger partial charge on any atom is 0.237 e. The van der Waals surface area contributed by atoms with Crippen LogP contribution in [0.3, 0.4) is 0 Å². The van der Waals surface area contributed by atoms with Crippen LogP contribution in [0.1, 0.15) is 12.7 Å². The number of amides is 1. The first-order chi connectivity index (χ1) is 9.49. The van der Waals surface area contributed by atoms with E-state index in [4.69, 9.17) is 0 Å². The third-order valence-corrected chi connectivity index (χ3v) is 3.97. The largest absolute Gasteiger partial charge is 0.323 e. The molecule has 0 aliphatic heterocycles. The number of hydrogen-bond acceptors (Lipinski definition) is 4. The Morgan fingerprint density at radius 3 is 2.70 bits per heavy atom. The Labute approximate surface area is 120 Å². The fourth-order valence-electron chi connectivity index (χ4n) is 1.50. The van der Waals surface area contributed by atoms with Gasteiger partial charge >= 0.3 is 0 Å². The van der Waals surface area contributed by atoms with Crippen LogP contribution in [0.4, 0.5) is 10.1 Å². The van der Waals surface area contributed by atoms with E-state index in [0.717, 1.165) is 5.82 Å². The molecule has 20 heavy (non-hydrogen) atoms. The van der Waals surface area contributed by atoms with Gasteiger partial charge in [-0.1, -0.05) is 23.9 Å². The van der Waals surface area contributed by atoms with Crippen molar-refractivity contribution in [3.63, 3.8) is 0 Å². The summed E-state index contributed by atoms with van der Waals surface area (Å²) in [5.74, 6) is 0.0440. The van der Waals surface area contributed by atoms with E-state index >= 15 is 0 Å². The third kappa shape index (κ3) is 3.16. The van der Waals surface area contributed by atoms with Crippen LogP contribution in [-0.2, 0) is 11.8 Å². The first-order valence-corrected chi connectivity index (χ1v) is 6.95. The van der Waals surface area contributed by atoms with E-state index in [0.29, 0.717) is 5.16 Å². The van der Waals surface area contributed by atoms with Gasteiger partial charge in [0.25, 0.3) is 0 Å². The van der Waals surface area contributed by atoms with Crippen molar-refractivity contribution in [2.45, 2.75) is 24.3 Å². The second kappa shape index (κ2) is 6.04. The fourth-order valence-corrected chi connectivity index (χ4v) is 2.36. The predicted molar refractivity (Wildman–Crippen MR) is 76.1 cm³/mol. The zero-order valence-electron chi connectivity index (χ0n) is 11.4. The van der Waals surface area contributed by atoms with Crippen molar-refractivity contribution in [3.8, 4) is 0 Å². The van der Waals surface area contributed by atoms with Crippen molar-refractivity contribution in [1.29, 1.82) is 0 Å². The number of hydrogen-bond donors (Lipinski definition) is 1. The van der Waals surface area contributed by atoms with Crippen molar-refractivity contribution in [2.24, 2.45) is 7.05 Å². The Hall–Kier alpha value is -1.89. The van der Waals surface area contributed by atoms with Gasteiger partial charge < -0.3 is 9.88 Å². The molecule has 106 valence electrons. The van der Waals surface area contributed by atoms with Crippen LogP contribution in [0.2, 0.25) is 0 Å². The summed E-state index contributed by atoms with van der Waals surface area (Å²) in [6, 6.07) is 6.07. The quantitative estimate of drug-likeness (QED) is 0.880. The summed E-state index contributed by atoms with van der Waals surface area (Å²) < 4.78 is 15.3. The Kier molecular flexibility index (Phi) is 4.39. The molecule has 0 fully saturated rings. The van der Waals surface area contributed by atoms with E-state index in [2.05, 4.69) is 15.5 Å². The molecule has 0 radical (unpaired) electrons. The van der Waals surface area contributed by atoms with E-state index in [-0.39, 0.29) is 11.6 Å². The van der Waals surface area contributed by atoms with Crippen LogP contribution in [0, 0.1) is 12.7 Å². The Bertz CT molecular complexity index is 629. The summed E-state index contributed by atoms with van der Waals surface area (Å²) in [6.07, 6.45) is 0. The summed E-state index contributed by atoms with van der Waals surface area (Å²) in [7, 11) is 1.83. The lowest BCUT2D eigenvalue weighted by Gasteiger charge is -2.11. The van der Waals surface area contributed by atoms with Crippen LogP contribution in [-0.4, -0.2) is 25.9 Å². The first-order valence-electron chi connectivity index (χ1n) is 6.07. The van der Waals surface area contributed by atoms with Crippen molar-refractivity contribution in [3.05, 3.63) is 35.9 Å². The molecule has 1 N–H and O–H groups in total. The molecule has 1 heterocycles. The van der Waals surface area contributed by atoms with Crippen molar-refractivity contribution in [1.82, 2.24) is 14.8 Å². The average Bonchev–Trinajstić information content (AvgIpc) is 2.73. The Morgan fingerprint density at radius 2 is 2.10 bits per heavy atom. The number of nitrogens with one attached hydrogen (secondary N) is 1. The number of halogens is 1. The topological polar surface area (TPSA) is 59.8 Å². The summed E-state index contributed by atoms with van der Waals surface area (Å²) >= 11 is 1.28. The highest BCUT2D eigenvalue weighted by molar-refractivity contribution is 8.00. The number of aryl methyl sites for hydroxylation is 1. The molecular weight excluding hydrogens is 279 g/mol. The molecule has 5 nitrogen and oxygen atoms in total. The van der Waals surface area contributed by atoms with Crippen molar-refractivity contribution in [2.75, 3.05) is 5.32 Å². The lowest BCUT2D eigenvalue weighted by Crippen LogP contribution is -2.23. The van der Waals surface area contributed by atoms with Gasteiger partial charge in [0.15, 0.2) is 5.16 Å². The van der Waals surface area contributed by atoms with Crippen LogP contribution >= 0.6 is 11.8 Å². The molecule has 7 heteroatoms. The molecule has 1 aromatic carbocycles. The van der Waals surface area contributed by atoms with E-state index in [9.17, 15) is 9.18 Å². The third-order valence-electron chi connectivity index (χ3n) is 2.84. The summed E-state index contributed by atoms with van der Waals surface area (Å²) in [6.45, 7) is 3.58. The van der Waals surface area contributed by atoms with E-state index in [1.807, 2.05) is 14.0 Å². The Morgan fingerprint density at radius 1 is 1.40 bits per heavy atom. The van der Waals surface area contributed by atoms with Gasteiger partial charge in [-0.2, -0.15) is 0 Å². The normalized spacial score (nSPS) is 12.2. The number of benzene rings is 1. The minimum absolute atomic E-state index is 0.180. The molecule has 0 aliphatic rings. The van der Waals surface area contributed by atoms with Gasteiger partial charge in [0.1, 0.15) is 11.6 Å². The second-order valence-electron chi connectivity index (χ2n) is 4.32. The van der Waals surface area contributed by atoms with Gasteiger partial charge in [0.05, 0.1) is 10.9 Å². The monoisotopic (exact) mass is 294 g/mol. The highest BCUT2D eigenvalue weighted by Gasteiger charge is 2.18. The first kappa shape index (κ1) is 14.5. The molecule has 0 bridgehead atoms. The molecule has 1 amide bonds. The molecule has 0 unspecified atom stereocenters. The SMILES string of the molecule is Cc1nnc(S[C@@H](C)C(=O)Nc2ccccc2F)n1C. The van der Waals surface area contributed by atoms with Crippen LogP contribution < -0.4 is 5.32 Å². The Balaban J connectivity index is 2.03. The number of rotatable bonds is 4.